The first-order valence-electron chi connectivity index (χ1n) is 11.0. The molecule has 0 radical (unpaired) electrons. The van der Waals surface area contributed by atoms with E-state index in [0.717, 1.165) is 29.6 Å². The molecule has 0 fully saturated rings. The van der Waals surface area contributed by atoms with E-state index in [1.165, 1.54) is 15.5 Å². The molecule has 0 saturated heterocycles. The summed E-state index contributed by atoms with van der Waals surface area (Å²) in [6, 6.07) is 17.9. The Morgan fingerprint density at radius 2 is 1.76 bits per heavy atom. The van der Waals surface area contributed by atoms with Crippen LogP contribution in [0.25, 0.3) is 22.2 Å². The van der Waals surface area contributed by atoms with Gasteiger partial charge in [-0.2, -0.15) is 13.2 Å². The summed E-state index contributed by atoms with van der Waals surface area (Å²) in [6.07, 6.45) is -2.99. The third-order valence-electron chi connectivity index (χ3n) is 6.35. The van der Waals surface area contributed by atoms with Crippen molar-refractivity contribution in [2.45, 2.75) is 32.1 Å². The standard InChI is InChI=1S/C26H22F3N3O2/c1-30(21-10-3-2-4-11-21)23(33)16-32-22-15-19(17-7-5-9-20(14-17)26(27,28)29)13-18-8-6-12-31(24(18)22)25(32)34/h2-5,7,9-11,13-15H,6,8,12,16H2,1H3. The van der Waals surface area contributed by atoms with Gasteiger partial charge in [-0.05, 0) is 65.9 Å². The van der Waals surface area contributed by atoms with Crippen molar-refractivity contribution in [1.82, 2.24) is 9.13 Å². The highest BCUT2D eigenvalue weighted by Crippen LogP contribution is 2.35. The number of imidazole rings is 1. The molecule has 2 heterocycles. The van der Waals surface area contributed by atoms with Gasteiger partial charge in [0.15, 0.2) is 0 Å². The maximum Gasteiger partial charge on any atom is 0.416 e. The van der Waals surface area contributed by atoms with E-state index in [-0.39, 0.29) is 18.1 Å². The molecule has 0 bridgehead atoms. The monoisotopic (exact) mass is 465 g/mol. The van der Waals surface area contributed by atoms with Crippen LogP contribution < -0.4 is 10.6 Å². The number of anilines is 1. The van der Waals surface area contributed by atoms with Crippen molar-refractivity contribution in [3.63, 3.8) is 0 Å². The topological polar surface area (TPSA) is 47.2 Å². The molecule has 1 aromatic heterocycles. The summed E-state index contributed by atoms with van der Waals surface area (Å²) in [5, 5.41) is 0. The van der Waals surface area contributed by atoms with Crippen LogP contribution >= 0.6 is 0 Å². The number of amides is 1. The number of rotatable bonds is 4. The van der Waals surface area contributed by atoms with Crippen LogP contribution in [0, 0.1) is 0 Å². The van der Waals surface area contributed by atoms with Crippen molar-refractivity contribution in [3.05, 3.63) is 88.3 Å². The molecule has 0 atom stereocenters. The highest BCUT2D eigenvalue weighted by Gasteiger charge is 2.31. The Kier molecular flexibility index (Phi) is 5.31. The molecule has 34 heavy (non-hydrogen) atoms. The fourth-order valence-corrected chi connectivity index (χ4v) is 4.60. The van der Waals surface area contributed by atoms with Crippen LogP contribution in [0.1, 0.15) is 17.5 Å². The maximum absolute atomic E-state index is 13.3. The van der Waals surface area contributed by atoms with Crippen molar-refractivity contribution >= 4 is 22.6 Å². The zero-order valence-electron chi connectivity index (χ0n) is 18.5. The van der Waals surface area contributed by atoms with E-state index in [4.69, 9.17) is 0 Å². The Hall–Kier alpha value is -3.81. The van der Waals surface area contributed by atoms with E-state index in [1.807, 2.05) is 36.4 Å². The number of nitrogens with zero attached hydrogens (tertiary/aromatic N) is 3. The Morgan fingerprint density at radius 3 is 2.50 bits per heavy atom. The molecule has 1 aliphatic rings. The van der Waals surface area contributed by atoms with Crippen molar-refractivity contribution < 1.29 is 18.0 Å². The smallest absolute Gasteiger partial charge is 0.314 e. The lowest BCUT2D eigenvalue weighted by molar-refractivity contribution is -0.137. The second-order valence-corrected chi connectivity index (χ2v) is 8.49. The van der Waals surface area contributed by atoms with Crippen LogP contribution in [0.15, 0.2) is 71.5 Å². The van der Waals surface area contributed by atoms with E-state index in [9.17, 15) is 22.8 Å². The Morgan fingerprint density at radius 1 is 1.00 bits per heavy atom. The van der Waals surface area contributed by atoms with Gasteiger partial charge in [-0.15, -0.1) is 0 Å². The summed E-state index contributed by atoms with van der Waals surface area (Å²) in [6.45, 7) is 0.375. The third-order valence-corrected chi connectivity index (χ3v) is 6.35. The minimum Gasteiger partial charge on any atom is -0.314 e. The molecular weight excluding hydrogens is 443 g/mol. The number of likely N-dealkylation sites (N-methyl/N-ethyl adjacent to an activating group) is 1. The number of hydrogen-bond donors (Lipinski definition) is 0. The van der Waals surface area contributed by atoms with E-state index in [1.54, 1.807) is 23.7 Å². The second-order valence-electron chi connectivity index (χ2n) is 8.49. The summed E-state index contributed by atoms with van der Waals surface area (Å²) in [5.41, 5.74) is 2.91. The number of carbonyl (C=O) groups excluding carboxylic acids is 1. The molecule has 5 nitrogen and oxygen atoms in total. The predicted octanol–water partition coefficient (Wildman–Crippen LogP) is 5.10. The molecule has 3 aromatic carbocycles. The highest BCUT2D eigenvalue weighted by atomic mass is 19.4. The highest BCUT2D eigenvalue weighted by molar-refractivity contribution is 5.94. The summed E-state index contributed by atoms with van der Waals surface area (Å²) in [5.74, 6) is -0.266. The zero-order chi connectivity index (χ0) is 24.0. The quantitative estimate of drug-likeness (QED) is 0.421. The van der Waals surface area contributed by atoms with Crippen molar-refractivity contribution in [2.75, 3.05) is 11.9 Å². The molecular formula is C26H22F3N3O2. The first kappa shape index (κ1) is 22.0. The van der Waals surface area contributed by atoms with Crippen LogP contribution in [-0.4, -0.2) is 22.1 Å². The molecule has 4 aromatic rings. The Bertz CT molecular complexity index is 1450. The summed E-state index contributed by atoms with van der Waals surface area (Å²) in [4.78, 5) is 27.8. The average Bonchev–Trinajstić information content (AvgIpc) is 3.11. The van der Waals surface area contributed by atoms with Crippen molar-refractivity contribution in [1.29, 1.82) is 0 Å². The van der Waals surface area contributed by atoms with E-state index in [2.05, 4.69) is 0 Å². The summed E-state index contributed by atoms with van der Waals surface area (Å²) >= 11 is 0. The fraction of sp³-hybridized carbons (Fsp3) is 0.231. The van der Waals surface area contributed by atoms with Gasteiger partial charge in [0.05, 0.1) is 16.6 Å². The number of para-hydroxylation sites is 1. The lowest BCUT2D eigenvalue weighted by Crippen LogP contribution is -2.34. The molecule has 0 aliphatic carbocycles. The van der Waals surface area contributed by atoms with Gasteiger partial charge in [0.2, 0.25) is 5.91 Å². The second kappa shape index (κ2) is 8.20. The average molecular weight is 465 g/mol. The van der Waals surface area contributed by atoms with Crippen molar-refractivity contribution in [2.24, 2.45) is 0 Å². The third kappa shape index (κ3) is 3.79. The van der Waals surface area contributed by atoms with E-state index >= 15 is 0 Å². The normalized spacial score (nSPS) is 13.3. The van der Waals surface area contributed by atoms with Gasteiger partial charge in [0, 0.05) is 19.3 Å². The van der Waals surface area contributed by atoms with Gasteiger partial charge >= 0.3 is 11.9 Å². The molecule has 8 heteroatoms. The first-order chi connectivity index (χ1) is 16.2. The number of aryl methyl sites for hydroxylation is 2. The lowest BCUT2D eigenvalue weighted by atomic mass is 9.96. The molecule has 5 rings (SSSR count). The summed E-state index contributed by atoms with van der Waals surface area (Å²) < 4.78 is 42.9. The number of aromatic nitrogens is 2. The molecule has 1 amide bonds. The van der Waals surface area contributed by atoms with E-state index in [0.29, 0.717) is 35.3 Å². The Labute approximate surface area is 193 Å². The number of halogens is 3. The SMILES string of the molecule is CN(C(=O)Cn1c(=O)n2c3c(cc(-c4cccc(C(F)(F)F)c4)cc31)CCC2)c1ccccc1. The summed E-state index contributed by atoms with van der Waals surface area (Å²) in [7, 11) is 1.65. The van der Waals surface area contributed by atoms with Gasteiger partial charge in [-0.3, -0.25) is 13.9 Å². The fourth-order valence-electron chi connectivity index (χ4n) is 4.60. The van der Waals surface area contributed by atoms with Gasteiger partial charge in [-0.1, -0.05) is 30.3 Å². The molecule has 0 saturated carbocycles. The number of hydrogen-bond acceptors (Lipinski definition) is 2. The lowest BCUT2D eigenvalue weighted by Gasteiger charge is -2.18. The van der Waals surface area contributed by atoms with Crippen LogP contribution in [0.5, 0.6) is 0 Å². The van der Waals surface area contributed by atoms with Crippen LogP contribution in [-0.2, 0) is 30.5 Å². The largest absolute Gasteiger partial charge is 0.416 e. The Balaban J connectivity index is 1.61. The minimum atomic E-state index is -4.45. The predicted molar refractivity (Wildman–Crippen MR) is 125 cm³/mol. The first-order valence-corrected chi connectivity index (χ1v) is 11.0. The molecule has 1 aliphatic heterocycles. The van der Waals surface area contributed by atoms with Crippen LogP contribution in [0.2, 0.25) is 0 Å². The van der Waals surface area contributed by atoms with Gasteiger partial charge in [0.1, 0.15) is 6.54 Å². The van der Waals surface area contributed by atoms with Crippen LogP contribution in [0.3, 0.4) is 0 Å². The van der Waals surface area contributed by atoms with Gasteiger partial charge < -0.3 is 4.90 Å². The van der Waals surface area contributed by atoms with Crippen LogP contribution in [0.4, 0.5) is 18.9 Å². The maximum atomic E-state index is 13.3. The molecule has 174 valence electrons. The molecule has 0 spiro atoms. The number of carbonyl (C=O) groups is 1. The molecule has 0 unspecified atom stereocenters. The number of benzene rings is 3. The van der Waals surface area contributed by atoms with Gasteiger partial charge in [-0.25, -0.2) is 4.79 Å². The zero-order valence-corrected chi connectivity index (χ0v) is 18.5. The molecule has 0 N–H and O–H groups in total. The minimum absolute atomic E-state index is 0.167. The number of alkyl halides is 3. The van der Waals surface area contributed by atoms with Gasteiger partial charge in [0.25, 0.3) is 0 Å². The van der Waals surface area contributed by atoms with E-state index < -0.39 is 11.7 Å². The van der Waals surface area contributed by atoms with Crippen molar-refractivity contribution in [3.8, 4) is 11.1 Å².